The zero-order valence-electron chi connectivity index (χ0n) is 24.4. The molecule has 3 aliphatic carbocycles. The zero-order valence-corrected chi connectivity index (χ0v) is 25.2. The number of hydrogen-bond acceptors (Lipinski definition) is 7. The van der Waals surface area contributed by atoms with Gasteiger partial charge in [0.15, 0.2) is 5.13 Å². The summed E-state index contributed by atoms with van der Waals surface area (Å²) in [5, 5.41) is 5.13. The fourth-order valence-electron chi connectivity index (χ4n) is 8.76. The number of amides is 2. The average molecular weight is 599 g/mol. The van der Waals surface area contributed by atoms with E-state index in [4.69, 9.17) is 4.99 Å². The van der Waals surface area contributed by atoms with Crippen LogP contribution < -0.4 is 5.32 Å². The minimum Gasteiger partial charge on any atom is -0.358 e. The summed E-state index contributed by atoms with van der Waals surface area (Å²) in [6.07, 6.45) is 9.03. The van der Waals surface area contributed by atoms with Gasteiger partial charge in [0.1, 0.15) is 17.9 Å². The number of fused-ring (bicyclic) bond motifs is 2. The average Bonchev–Trinajstić information content (AvgIpc) is 3.74. The van der Waals surface area contributed by atoms with Crippen molar-refractivity contribution >= 4 is 34.6 Å². The van der Waals surface area contributed by atoms with Gasteiger partial charge in [-0.1, -0.05) is 24.3 Å². The van der Waals surface area contributed by atoms with Crippen LogP contribution in [0.2, 0.25) is 0 Å². The van der Waals surface area contributed by atoms with Gasteiger partial charge in [-0.05, 0) is 85.9 Å². The number of nitrogens with one attached hydrogen (secondary N) is 1. The summed E-state index contributed by atoms with van der Waals surface area (Å²) in [6, 6.07) is 10.5. The lowest BCUT2D eigenvalue weighted by Crippen LogP contribution is -2.67. The summed E-state index contributed by atoms with van der Waals surface area (Å²) in [4.78, 5) is 42.6. The lowest BCUT2D eigenvalue weighted by atomic mass is 9.33. The van der Waals surface area contributed by atoms with Crippen molar-refractivity contribution in [2.24, 2.45) is 10.4 Å². The Bertz CT molecular complexity index is 1620. The highest BCUT2D eigenvalue weighted by Crippen LogP contribution is 2.73. The number of hydrogen-bond donors (Lipinski definition) is 1. The predicted octanol–water partition coefficient (Wildman–Crippen LogP) is 4.77. The molecule has 1 saturated heterocycles. The Morgan fingerprint density at radius 2 is 1.98 bits per heavy atom. The molecule has 0 radical (unpaired) electrons. The third-order valence-electron chi connectivity index (χ3n) is 10.4. The van der Waals surface area contributed by atoms with Gasteiger partial charge < -0.3 is 20.0 Å². The van der Waals surface area contributed by atoms with Crippen LogP contribution in [0.25, 0.3) is 11.1 Å². The van der Waals surface area contributed by atoms with E-state index in [2.05, 4.69) is 58.5 Å². The number of nitrogens with zero attached hydrogens (tertiary/aromatic N) is 5. The quantitative estimate of drug-likeness (QED) is 0.404. The maximum Gasteiger partial charge on any atom is 0.255 e. The molecule has 43 heavy (non-hydrogen) atoms. The first-order valence-electron chi connectivity index (χ1n) is 15.1. The summed E-state index contributed by atoms with van der Waals surface area (Å²) in [5.74, 6) is -1.10. The molecule has 3 aromatic rings. The van der Waals surface area contributed by atoms with Gasteiger partial charge in [0.05, 0.1) is 18.9 Å². The highest BCUT2D eigenvalue weighted by Gasteiger charge is 2.67. The summed E-state index contributed by atoms with van der Waals surface area (Å²) in [7, 11) is 4.29. The molecule has 0 spiro atoms. The number of aromatic nitrogens is 1. The number of halogens is 1. The van der Waals surface area contributed by atoms with Crippen LogP contribution in [-0.2, 0) is 16.8 Å². The maximum absolute atomic E-state index is 15.7. The Morgan fingerprint density at radius 1 is 1.19 bits per heavy atom. The van der Waals surface area contributed by atoms with Crippen LogP contribution in [0.5, 0.6) is 0 Å². The molecule has 8 nitrogen and oxygen atoms in total. The standard InChI is InChI=1S/C33H35FN6O2S/c1-38(2)18-32-15-33(16-32,17-32)22-7-5-20(6-8-22)21-12-23-24(25(34)13-21)14-40(30(23)42)28(29(41)37-31-35-9-11-43-31)27-26-4-3-10-39(26)19-36-27/h5-9,11-13,19,26-28H,3-4,10,14-18H2,1-2H3,(H,35,37,41). The van der Waals surface area contributed by atoms with Crippen molar-refractivity contribution in [1.82, 2.24) is 19.7 Å². The van der Waals surface area contributed by atoms with E-state index in [0.29, 0.717) is 32.7 Å². The number of thiazole rings is 1. The van der Waals surface area contributed by atoms with Gasteiger partial charge in [-0.2, -0.15) is 0 Å². The normalized spacial score (nSPS) is 29.0. The number of carbonyl (C=O) groups is 2. The van der Waals surface area contributed by atoms with Gasteiger partial charge >= 0.3 is 0 Å². The molecule has 2 bridgehead atoms. The Kier molecular flexibility index (Phi) is 6.07. The van der Waals surface area contributed by atoms with E-state index in [1.54, 1.807) is 24.0 Å². The molecule has 9 rings (SSSR count). The van der Waals surface area contributed by atoms with E-state index in [1.165, 1.54) is 47.1 Å². The lowest BCUT2D eigenvalue weighted by Gasteiger charge is -2.72. The highest BCUT2D eigenvalue weighted by atomic mass is 32.1. The maximum atomic E-state index is 15.7. The molecule has 3 aliphatic heterocycles. The number of aliphatic imine (C=N–C) groups is 1. The topological polar surface area (TPSA) is 81.1 Å². The van der Waals surface area contributed by atoms with E-state index in [9.17, 15) is 9.59 Å². The van der Waals surface area contributed by atoms with Crippen LogP contribution >= 0.6 is 11.3 Å². The molecule has 6 aliphatic rings. The van der Waals surface area contributed by atoms with Crippen LogP contribution in [0.4, 0.5) is 9.52 Å². The van der Waals surface area contributed by atoms with E-state index in [-0.39, 0.29) is 24.4 Å². The molecule has 4 fully saturated rings. The lowest BCUT2D eigenvalue weighted by molar-refractivity contribution is -0.151. The first-order valence-corrected chi connectivity index (χ1v) is 16.0. The van der Waals surface area contributed by atoms with E-state index in [0.717, 1.165) is 31.5 Å². The summed E-state index contributed by atoms with van der Waals surface area (Å²) in [5.41, 5.74) is 4.33. The summed E-state index contributed by atoms with van der Waals surface area (Å²) in [6.45, 7) is 2.06. The van der Waals surface area contributed by atoms with Gasteiger partial charge in [-0.3, -0.25) is 14.6 Å². The monoisotopic (exact) mass is 598 g/mol. The molecule has 1 aromatic heterocycles. The molecular formula is C33H35FN6O2S. The molecule has 1 N–H and O–H groups in total. The van der Waals surface area contributed by atoms with Crippen molar-refractivity contribution in [1.29, 1.82) is 0 Å². The molecule has 2 amide bonds. The smallest absolute Gasteiger partial charge is 0.255 e. The largest absolute Gasteiger partial charge is 0.358 e. The van der Waals surface area contributed by atoms with Gasteiger partial charge in [0, 0.05) is 35.8 Å². The van der Waals surface area contributed by atoms with E-state index < -0.39 is 17.9 Å². The molecule has 2 aromatic carbocycles. The minimum absolute atomic E-state index is 0.0329. The Balaban J connectivity index is 1.05. The second-order valence-electron chi connectivity index (χ2n) is 13.5. The van der Waals surface area contributed by atoms with Crippen LogP contribution in [0, 0.1) is 11.2 Å². The van der Waals surface area contributed by atoms with Crippen LogP contribution in [-0.4, -0.2) is 83.1 Å². The van der Waals surface area contributed by atoms with Crippen molar-refractivity contribution in [2.45, 2.75) is 62.2 Å². The highest BCUT2D eigenvalue weighted by molar-refractivity contribution is 7.13. The first-order chi connectivity index (χ1) is 20.7. The van der Waals surface area contributed by atoms with Crippen LogP contribution in [0.15, 0.2) is 53.0 Å². The molecule has 3 saturated carbocycles. The third-order valence-corrected chi connectivity index (χ3v) is 11.0. The summed E-state index contributed by atoms with van der Waals surface area (Å²) >= 11 is 1.32. The Labute approximate surface area is 254 Å². The first kappa shape index (κ1) is 27.0. The fraction of sp³-hybridized carbons (Fsp3) is 0.455. The molecule has 3 unspecified atom stereocenters. The predicted molar refractivity (Wildman–Crippen MR) is 165 cm³/mol. The van der Waals surface area contributed by atoms with Gasteiger partial charge in [-0.25, -0.2) is 9.37 Å². The second-order valence-corrected chi connectivity index (χ2v) is 14.4. The van der Waals surface area contributed by atoms with Crippen molar-refractivity contribution < 1.29 is 14.0 Å². The molecule has 222 valence electrons. The number of anilines is 1. The number of carbonyl (C=O) groups excluding carboxylic acids is 2. The molecule has 4 heterocycles. The van der Waals surface area contributed by atoms with Gasteiger partial charge in [0.25, 0.3) is 11.8 Å². The summed E-state index contributed by atoms with van der Waals surface area (Å²) < 4.78 is 15.7. The molecule has 10 heteroatoms. The zero-order chi connectivity index (χ0) is 29.5. The van der Waals surface area contributed by atoms with Crippen molar-refractivity contribution in [3.05, 3.63) is 70.5 Å². The van der Waals surface area contributed by atoms with Crippen molar-refractivity contribution in [3.63, 3.8) is 0 Å². The third kappa shape index (κ3) is 4.24. The van der Waals surface area contributed by atoms with Crippen molar-refractivity contribution in [3.8, 4) is 11.1 Å². The second kappa shape index (κ2) is 9.69. The number of rotatable bonds is 8. The molecular weight excluding hydrogens is 563 g/mol. The SMILES string of the molecule is CN(C)CC12CC(c3ccc(-c4cc(F)c5c(c4)C(=O)N(C(C(=O)Nc4nccs4)C4N=CN6CCCC46)C5)cc3)(C1)C2. The Hall–Kier alpha value is -3.63. The number of benzene rings is 2. The molecule has 3 atom stereocenters. The minimum atomic E-state index is -0.876. The van der Waals surface area contributed by atoms with E-state index >= 15 is 4.39 Å². The van der Waals surface area contributed by atoms with E-state index in [1.807, 2.05) is 0 Å². The van der Waals surface area contributed by atoms with Gasteiger partial charge in [0.2, 0.25) is 0 Å². The van der Waals surface area contributed by atoms with Crippen LogP contribution in [0.1, 0.15) is 53.6 Å². The Morgan fingerprint density at radius 3 is 2.70 bits per heavy atom. The van der Waals surface area contributed by atoms with Crippen LogP contribution in [0.3, 0.4) is 0 Å². The van der Waals surface area contributed by atoms with Gasteiger partial charge in [-0.15, -0.1) is 11.3 Å². The van der Waals surface area contributed by atoms with Crippen molar-refractivity contribution in [2.75, 3.05) is 32.5 Å². The fourth-order valence-corrected chi connectivity index (χ4v) is 9.29.